The molecule has 0 bridgehead atoms. The molecule has 3 aromatic rings. The van der Waals surface area contributed by atoms with Crippen LogP contribution in [0.15, 0.2) is 28.1 Å². The van der Waals surface area contributed by atoms with Gasteiger partial charge in [-0.2, -0.15) is 11.3 Å². The molecule has 1 radical (unpaired) electrons. The van der Waals surface area contributed by atoms with Crippen molar-refractivity contribution < 1.29 is 62.8 Å². The molecule has 0 unspecified atom stereocenters. The van der Waals surface area contributed by atoms with E-state index >= 15 is 0 Å². The van der Waals surface area contributed by atoms with Crippen LogP contribution in [-0.2, 0) is 4.74 Å². The van der Waals surface area contributed by atoms with Gasteiger partial charge in [-0.25, -0.2) is 9.78 Å². The van der Waals surface area contributed by atoms with Gasteiger partial charge in [-0.3, -0.25) is 4.79 Å². The van der Waals surface area contributed by atoms with Crippen LogP contribution in [0, 0.1) is 44.1 Å². The first kappa shape index (κ1) is 18.8. The number of aromatic nitrogens is 2. The van der Waals surface area contributed by atoms with Crippen LogP contribution in [0.1, 0.15) is 28.0 Å². The average molecular weight is 558 g/mol. The fraction of sp³-hybridized carbons (Fsp3) is 0.143. The molecule has 2 N–H and O–H groups in total. The predicted molar refractivity (Wildman–Crippen MR) is 84.0 cm³/mol. The molecule has 0 spiro atoms. The van der Waals surface area contributed by atoms with Crippen molar-refractivity contribution in [1.29, 1.82) is 0 Å². The van der Waals surface area contributed by atoms with Gasteiger partial charge < -0.3 is 25.2 Å². The van der Waals surface area contributed by atoms with Gasteiger partial charge in [0.1, 0.15) is 5.69 Å². The molecule has 24 heavy (non-hydrogen) atoms. The second-order valence-electron chi connectivity index (χ2n) is 4.37. The van der Waals surface area contributed by atoms with Crippen LogP contribution >= 0.6 is 11.3 Å². The van der Waals surface area contributed by atoms with E-state index in [0.717, 1.165) is 11.3 Å². The van der Waals surface area contributed by atoms with E-state index in [1.54, 1.807) is 19.1 Å². The van der Waals surface area contributed by atoms with Crippen LogP contribution in [0.3, 0.4) is 0 Å². The van der Waals surface area contributed by atoms with Crippen LogP contribution in [-0.4, -0.2) is 28.5 Å². The minimum absolute atomic E-state index is 0. The van der Waals surface area contributed by atoms with Crippen LogP contribution < -0.4 is 5.32 Å². The maximum atomic E-state index is 12.2. The molecule has 8 nitrogen and oxygen atoms in total. The van der Waals surface area contributed by atoms with E-state index < -0.39 is 11.9 Å². The van der Waals surface area contributed by atoms with Crippen LogP contribution in [0.25, 0.3) is 16.8 Å². The Bertz CT molecular complexity index is 892. The number of esters is 1. The number of pyridine rings is 1. The molecule has 0 saturated carbocycles. The van der Waals surface area contributed by atoms with Crippen molar-refractivity contribution in [2.75, 3.05) is 11.9 Å². The monoisotopic (exact) mass is 558 g/mol. The number of rotatable bonds is 4. The zero-order chi connectivity index (χ0) is 16.4. The summed E-state index contributed by atoms with van der Waals surface area (Å²) < 4.78 is 10.3. The van der Waals surface area contributed by atoms with Gasteiger partial charge in [0.2, 0.25) is 11.5 Å². The van der Waals surface area contributed by atoms with Crippen molar-refractivity contribution in [1.82, 2.24) is 9.97 Å². The van der Waals surface area contributed by atoms with E-state index in [1.165, 1.54) is 11.6 Å². The number of thiazole rings is 1. The smallest absolute Gasteiger partial charge is 0.376 e. The van der Waals surface area contributed by atoms with Gasteiger partial charge in [-0.1, -0.05) is 0 Å². The molecule has 10 heteroatoms. The van der Waals surface area contributed by atoms with E-state index in [2.05, 4.69) is 15.3 Å². The van der Waals surface area contributed by atoms with Gasteiger partial charge >= 0.3 is 5.97 Å². The van der Waals surface area contributed by atoms with Gasteiger partial charge in [-0.05, 0) is 29.6 Å². The number of carbonyl (C=O) groups excluding carboxylic acids is 2. The molecule has 0 saturated heterocycles. The SMILES string of the molecule is CCOC(=O)c1oc2ncccc2c1NC(=O)c1csc([NH-])n1.[Ac]. The third-order valence-corrected chi connectivity index (χ3v) is 3.56. The summed E-state index contributed by atoms with van der Waals surface area (Å²) >= 11 is 1.03. The van der Waals surface area contributed by atoms with Crippen molar-refractivity contribution >= 4 is 45.1 Å². The summed E-state index contributed by atoms with van der Waals surface area (Å²) in [7, 11) is 0. The number of anilines is 1. The number of amides is 1. The number of nitrogens with zero attached hydrogens (tertiary/aromatic N) is 2. The predicted octanol–water partition coefficient (Wildman–Crippen LogP) is 3.40. The Morgan fingerprint density at radius 1 is 1.46 bits per heavy atom. The molecule has 0 aliphatic carbocycles. The van der Waals surface area contributed by atoms with Gasteiger partial charge in [-0.15, -0.1) is 0 Å². The molecule has 121 valence electrons. The minimum Gasteiger partial charge on any atom is -0.473 e. The molecule has 3 rings (SSSR count). The van der Waals surface area contributed by atoms with E-state index in [9.17, 15) is 9.59 Å². The Morgan fingerprint density at radius 2 is 2.25 bits per heavy atom. The average Bonchev–Trinajstić information content (AvgIpc) is 3.12. The van der Waals surface area contributed by atoms with Gasteiger partial charge in [0.25, 0.3) is 5.91 Å². The van der Waals surface area contributed by atoms with Gasteiger partial charge in [0.15, 0.2) is 0 Å². The molecule has 0 aliphatic rings. The molecular formula is C14H11AcN4O4S-. The first-order valence-corrected chi connectivity index (χ1v) is 7.51. The number of carbonyl (C=O) groups is 2. The zero-order valence-corrected chi connectivity index (χ0v) is 18.1. The molecule has 0 aliphatic heterocycles. The summed E-state index contributed by atoms with van der Waals surface area (Å²) in [6.07, 6.45) is 1.51. The second-order valence-corrected chi connectivity index (χ2v) is 5.23. The number of ether oxygens (including phenoxy) is 1. The van der Waals surface area contributed by atoms with Crippen LogP contribution in [0.4, 0.5) is 10.8 Å². The number of furan rings is 1. The summed E-state index contributed by atoms with van der Waals surface area (Å²) in [5.74, 6) is -1.37. The Morgan fingerprint density at radius 3 is 2.92 bits per heavy atom. The minimum atomic E-state index is -0.694. The molecule has 0 fully saturated rings. The third-order valence-electron chi connectivity index (χ3n) is 2.90. The van der Waals surface area contributed by atoms with E-state index in [4.69, 9.17) is 14.9 Å². The number of hydrogen-bond acceptors (Lipinski definition) is 7. The largest absolute Gasteiger partial charge is 0.473 e. The van der Waals surface area contributed by atoms with E-state index in [0.29, 0.717) is 5.39 Å². The fourth-order valence-corrected chi connectivity index (χ4v) is 2.49. The molecule has 3 heterocycles. The number of fused-ring (bicyclic) bond motifs is 1. The molecule has 1 amide bonds. The summed E-state index contributed by atoms with van der Waals surface area (Å²) in [6, 6.07) is 3.33. The van der Waals surface area contributed by atoms with Crippen molar-refractivity contribution in [2.45, 2.75) is 6.92 Å². The molecule has 3 aromatic heterocycles. The second kappa shape index (κ2) is 8.05. The van der Waals surface area contributed by atoms with Crippen LogP contribution in [0.2, 0.25) is 0 Å². The summed E-state index contributed by atoms with van der Waals surface area (Å²) in [5.41, 5.74) is 7.86. The Kier molecular flexibility index (Phi) is 6.32. The summed E-state index contributed by atoms with van der Waals surface area (Å²) in [5, 5.41) is 4.55. The quantitative estimate of drug-likeness (QED) is 0.491. The first-order valence-electron chi connectivity index (χ1n) is 6.63. The summed E-state index contributed by atoms with van der Waals surface area (Å²) in [4.78, 5) is 32.1. The van der Waals surface area contributed by atoms with Crippen molar-refractivity contribution in [2.24, 2.45) is 0 Å². The van der Waals surface area contributed by atoms with Gasteiger partial charge in [0, 0.05) is 56.0 Å². The van der Waals surface area contributed by atoms with Crippen molar-refractivity contribution in [3.8, 4) is 0 Å². The molecular weight excluding hydrogens is 547 g/mol. The van der Waals surface area contributed by atoms with E-state index in [-0.39, 0.29) is 78.7 Å². The van der Waals surface area contributed by atoms with Crippen molar-refractivity contribution in [3.05, 3.63) is 40.9 Å². The molecule has 0 aromatic carbocycles. The number of nitrogens with one attached hydrogen (secondary N) is 2. The fourth-order valence-electron chi connectivity index (χ4n) is 1.95. The maximum Gasteiger partial charge on any atom is 0.376 e. The topological polar surface area (TPSA) is 118 Å². The maximum absolute atomic E-state index is 12.2. The first-order chi connectivity index (χ1) is 11.1. The molecule has 0 atom stereocenters. The Hall–Kier alpha value is -1.50. The third kappa shape index (κ3) is 3.77. The van der Waals surface area contributed by atoms with E-state index in [1.807, 2.05) is 0 Å². The Labute approximate surface area is 176 Å². The normalized spacial score (nSPS) is 10.2. The Balaban J connectivity index is 0.00000208. The standard InChI is InChI=1S/C14H12N4O4S.Ac/c1-2-21-13(20)10-9(7-4-3-5-16-12(7)22-10)18-11(19)8-6-23-14(15)17-8;/h3-6H,2H2,1H3,(H3,15,17,18,19,20);/p-1. The van der Waals surface area contributed by atoms with Crippen molar-refractivity contribution in [3.63, 3.8) is 0 Å². The summed E-state index contributed by atoms with van der Waals surface area (Å²) in [6.45, 7) is 1.84. The van der Waals surface area contributed by atoms with Crippen LogP contribution in [0.5, 0.6) is 0 Å². The zero-order valence-electron chi connectivity index (χ0n) is 12.5. The van der Waals surface area contributed by atoms with Gasteiger partial charge in [0.05, 0.1) is 12.0 Å². The number of hydrogen-bond donors (Lipinski definition) is 1.